The second-order valence-corrected chi connectivity index (χ2v) is 8.83. The van der Waals surface area contributed by atoms with Crippen molar-refractivity contribution in [2.24, 2.45) is 4.40 Å². The van der Waals surface area contributed by atoms with Crippen LogP contribution in [0.15, 0.2) is 47.0 Å². The maximum atomic E-state index is 12.1. The molecule has 0 saturated heterocycles. The summed E-state index contributed by atoms with van der Waals surface area (Å²) in [5, 5.41) is 0. The van der Waals surface area contributed by atoms with Crippen molar-refractivity contribution < 1.29 is 13.2 Å². The minimum atomic E-state index is -3.41. The molecule has 0 aromatic heterocycles. The zero-order valence-electron chi connectivity index (χ0n) is 14.8. The van der Waals surface area contributed by atoms with Gasteiger partial charge in [-0.3, -0.25) is 0 Å². The van der Waals surface area contributed by atoms with Gasteiger partial charge in [-0.05, 0) is 62.0 Å². The van der Waals surface area contributed by atoms with Gasteiger partial charge < -0.3 is 9.64 Å². The largest absolute Gasteiger partial charge is 0.490 e. The fourth-order valence-electron chi connectivity index (χ4n) is 3.73. The number of allylic oxidation sites excluding steroid dienone is 2. The second-order valence-electron chi connectivity index (χ2n) is 7.07. The van der Waals surface area contributed by atoms with E-state index in [0.717, 1.165) is 29.7 Å². The third-order valence-corrected chi connectivity index (χ3v) is 6.34. The summed E-state index contributed by atoms with van der Waals surface area (Å²) in [6.45, 7) is 0.661. The molecule has 1 saturated carbocycles. The van der Waals surface area contributed by atoms with Crippen LogP contribution < -0.4 is 4.74 Å². The van der Waals surface area contributed by atoms with Gasteiger partial charge in [0.2, 0.25) is 0 Å². The van der Waals surface area contributed by atoms with Crippen LogP contribution >= 0.6 is 0 Å². The summed E-state index contributed by atoms with van der Waals surface area (Å²) in [5.74, 6) is 1.49. The fourth-order valence-corrected chi connectivity index (χ4v) is 4.79. The van der Waals surface area contributed by atoms with E-state index in [0.29, 0.717) is 24.9 Å². The number of rotatable bonds is 3. The van der Waals surface area contributed by atoms with Crippen molar-refractivity contribution in [3.63, 3.8) is 0 Å². The summed E-state index contributed by atoms with van der Waals surface area (Å²) in [4.78, 5) is 1.92. The van der Waals surface area contributed by atoms with E-state index in [4.69, 9.17) is 4.74 Å². The van der Waals surface area contributed by atoms with Crippen LogP contribution in [0.1, 0.15) is 44.1 Å². The van der Waals surface area contributed by atoms with Crippen LogP contribution in [-0.2, 0) is 10.0 Å². The zero-order valence-corrected chi connectivity index (χ0v) is 15.6. The van der Waals surface area contributed by atoms with Gasteiger partial charge in [0, 0.05) is 18.3 Å². The van der Waals surface area contributed by atoms with Crippen LogP contribution in [0.25, 0.3) is 5.57 Å². The molecule has 1 aromatic carbocycles. The Balaban J connectivity index is 1.57. The average Bonchev–Trinajstić information content (AvgIpc) is 2.80. The molecule has 0 unspecified atom stereocenters. The molecule has 2 heterocycles. The number of benzene rings is 1. The van der Waals surface area contributed by atoms with Crippen molar-refractivity contribution >= 4 is 21.4 Å². The van der Waals surface area contributed by atoms with E-state index in [1.165, 1.54) is 19.3 Å². The van der Waals surface area contributed by atoms with Gasteiger partial charge >= 0.3 is 0 Å². The highest BCUT2D eigenvalue weighted by molar-refractivity contribution is 7.90. The van der Waals surface area contributed by atoms with Gasteiger partial charge in [0.05, 0.1) is 11.9 Å². The molecular weight excluding hydrogens is 348 g/mol. The van der Waals surface area contributed by atoms with Crippen LogP contribution in [0.5, 0.6) is 5.75 Å². The minimum Gasteiger partial charge on any atom is -0.490 e. The Hall–Kier alpha value is -2.08. The van der Waals surface area contributed by atoms with Crippen molar-refractivity contribution in [3.05, 3.63) is 48.2 Å². The van der Waals surface area contributed by atoms with E-state index >= 15 is 0 Å². The first-order valence-electron chi connectivity index (χ1n) is 9.36. The van der Waals surface area contributed by atoms with Crippen molar-refractivity contribution in [1.82, 2.24) is 4.90 Å². The van der Waals surface area contributed by atoms with Crippen molar-refractivity contribution in [1.29, 1.82) is 0 Å². The number of amidine groups is 1. The Bertz CT molecular complexity index is 848. The smallest absolute Gasteiger partial charge is 0.255 e. The van der Waals surface area contributed by atoms with E-state index < -0.39 is 10.0 Å². The highest BCUT2D eigenvalue weighted by Crippen LogP contribution is 2.28. The molecule has 0 radical (unpaired) electrons. The van der Waals surface area contributed by atoms with Gasteiger partial charge in [-0.15, -0.1) is 4.40 Å². The summed E-state index contributed by atoms with van der Waals surface area (Å²) in [6.07, 6.45) is 12.7. The lowest BCUT2D eigenvalue weighted by Crippen LogP contribution is -2.28. The Morgan fingerprint density at radius 2 is 1.81 bits per heavy atom. The quantitative estimate of drug-likeness (QED) is 0.811. The maximum Gasteiger partial charge on any atom is 0.255 e. The van der Waals surface area contributed by atoms with E-state index in [1.807, 2.05) is 47.5 Å². The summed E-state index contributed by atoms with van der Waals surface area (Å²) in [5.41, 5.74) is 1.79. The molecule has 5 nitrogen and oxygen atoms in total. The SMILES string of the molecule is O=S1(=O)CCCN2C=CC=C(c3ccc(OC4CCCCC4)cc3)C2=N1. The molecule has 0 atom stereocenters. The first kappa shape index (κ1) is 17.3. The highest BCUT2D eigenvalue weighted by Gasteiger charge is 2.25. The molecule has 0 bridgehead atoms. The molecule has 1 aliphatic carbocycles. The minimum absolute atomic E-state index is 0.0995. The standard InChI is InChI=1S/C20H24N2O3S/c23-26(24)15-5-14-22-13-4-8-19(20(22)21-26)16-9-11-18(12-10-16)25-17-6-2-1-3-7-17/h4,8-13,17H,1-3,5-7,14-15H2. The van der Waals surface area contributed by atoms with Crippen LogP contribution in [0, 0.1) is 0 Å². The number of hydrogen-bond acceptors (Lipinski definition) is 4. The number of ether oxygens (including phenoxy) is 1. The van der Waals surface area contributed by atoms with Crippen molar-refractivity contribution in [3.8, 4) is 5.75 Å². The third kappa shape index (κ3) is 3.85. The van der Waals surface area contributed by atoms with Crippen LogP contribution in [0.2, 0.25) is 0 Å². The Labute approximate surface area is 155 Å². The molecule has 0 spiro atoms. The molecule has 1 aromatic rings. The monoisotopic (exact) mass is 372 g/mol. The van der Waals surface area contributed by atoms with Gasteiger partial charge in [-0.25, -0.2) is 8.42 Å². The van der Waals surface area contributed by atoms with E-state index in [-0.39, 0.29) is 5.75 Å². The molecule has 26 heavy (non-hydrogen) atoms. The van der Waals surface area contributed by atoms with Gasteiger partial charge in [0.1, 0.15) is 5.75 Å². The maximum absolute atomic E-state index is 12.1. The summed E-state index contributed by atoms with van der Waals surface area (Å²) >= 11 is 0. The fraction of sp³-hybridized carbons (Fsp3) is 0.450. The molecular formula is C20H24N2O3S. The number of nitrogens with zero attached hydrogens (tertiary/aromatic N) is 2. The van der Waals surface area contributed by atoms with Gasteiger partial charge in [-0.2, -0.15) is 0 Å². The Morgan fingerprint density at radius 1 is 1.04 bits per heavy atom. The van der Waals surface area contributed by atoms with Crippen LogP contribution in [0.3, 0.4) is 0 Å². The van der Waals surface area contributed by atoms with Gasteiger partial charge in [-0.1, -0.05) is 18.6 Å². The molecule has 0 N–H and O–H groups in total. The second kappa shape index (κ2) is 7.27. The first-order valence-corrected chi connectivity index (χ1v) is 11.0. The number of hydrogen-bond donors (Lipinski definition) is 0. The lowest BCUT2D eigenvalue weighted by molar-refractivity contribution is 0.155. The van der Waals surface area contributed by atoms with Crippen molar-refractivity contribution in [2.75, 3.05) is 12.3 Å². The van der Waals surface area contributed by atoms with E-state index in [2.05, 4.69) is 4.40 Å². The molecule has 6 heteroatoms. The van der Waals surface area contributed by atoms with Crippen molar-refractivity contribution in [2.45, 2.75) is 44.6 Å². The molecule has 0 amide bonds. The van der Waals surface area contributed by atoms with Gasteiger partial charge in [0.15, 0.2) is 5.84 Å². The zero-order chi connectivity index (χ0) is 18.0. The average molecular weight is 372 g/mol. The van der Waals surface area contributed by atoms with Crippen LogP contribution in [0.4, 0.5) is 0 Å². The summed E-state index contributed by atoms with van der Waals surface area (Å²) in [7, 11) is -3.41. The van der Waals surface area contributed by atoms with Gasteiger partial charge in [0.25, 0.3) is 10.0 Å². The lowest BCUT2D eigenvalue weighted by atomic mass is 9.97. The predicted molar refractivity (Wildman–Crippen MR) is 104 cm³/mol. The van der Waals surface area contributed by atoms with Crippen LogP contribution in [-0.4, -0.2) is 37.6 Å². The number of sulfonamides is 1. The van der Waals surface area contributed by atoms with E-state index in [1.54, 1.807) is 0 Å². The third-order valence-electron chi connectivity index (χ3n) is 5.09. The normalized spacial score (nSPS) is 22.8. The molecule has 1 fully saturated rings. The van der Waals surface area contributed by atoms with E-state index in [9.17, 15) is 8.42 Å². The highest BCUT2D eigenvalue weighted by atomic mass is 32.2. The summed E-state index contributed by atoms with van der Waals surface area (Å²) < 4.78 is 34.3. The molecule has 138 valence electrons. The molecule has 4 rings (SSSR count). The summed E-state index contributed by atoms with van der Waals surface area (Å²) in [6, 6.07) is 7.92. The lowest BCUT2D eigenvalue weighted by Gasteiger charge is -2.25. The predicted octanol–water partition coefficient (Wildman–Crippen LogP) is 3.74. The Morgan fingerprint density at radius 3 is 2.58 bits per heavy atom. The topological polar surface area (TPSA) is 59.0 Å². The molecule has 3 aliphatic rings. The first-order chi connectivity index (χ1) is 12.6. The number of fused-ring (bicyclic) bond motifs is 1. The molecule has 2 aliphatic heterocycles. The Kier molecular flexibility index (Phi) is 4.85.